The number of ether oxygens (including phenoxy) is 1. The van der Waals surface area contributed by atoms with Crippen LogP contribution in [0.4, 0.5) is 0 Å². The van der Waals surface area contributed by atoms with Gasteiger partial charge in [-0.25, -0.2) is 0 Å². The van der Waals surface area contributed by atoms with Crippen LogP contribution in [-0.4, -0.2) is 39.7 Å². The summed E-state index contributed by atoms with van der Waals surface area (Å²) in [5, 5.41) is 17.9. The van der Waals surface area contributed by atoms with Gasteiger partial charge in [0.15, 0.2) is 0 Å². The van der Waals surface area contributed by atoms with Gasteiger partial charge in [0.05, 0.1) is 13.2 Å². The van der Waals surface area contributed by atoms with E-state index in [4.69, 9.17) is 4.74 Å². The fourth-order valence-corrected chi connectivity index (χ4v) is 2.70. The lowest BCUT2D eigenvalue weighted by Crippen LogP contribution is -2.21. The van der Waals surface area contributed by atoms with Crippen LogP contribution in [0, 0.1) is 0 Å². The van der Waals surface area contributed by atoms with Gasteiger partial charge in [-0.2, -0.15) is 0 Å². The van der Waals surface area contributed by atoms with E-state index in [1.807, 2.05) is 0 Å². The van der Waals surface area contributed by atoms with Gasteiger partial charge in [0.1, 0.15) is 11.6 Å². The first kappa shape index (κ1) is 10.2. The molecule has 1 aromatic rings. The molecule has 3 rings (SSSR count). The number of aromatic nitrogens is 3. The van der Waals surface area contributed by atoms with Gasteiger partial charge in [-0.15, -0.1) is 10.2 Å². The molecule has 0 saturated carbocycles. The number of fused-ring (bicyclic) bond motifs is 1. The van der Waals surface area contributed by atoms with Crippen LogP contribution in [0.25, 0.3) is 0 Å². The summed E-state index contributed by atoms with van der Waals surface area (Å²) >= 11 is 0. The van der Waals surface area contributed by atoms with Crippen LogP contribution in [0.3, 0.4) is 0 Å². The third kappa shape index (κ3) is 1.55. The maximum absolute atomic E-state index is 9.31. The number of rotatable bonds is 2. The maximum Gasteiger partial charge on any atom is 0.138 e. The van der Waals surface area contributed by atoms with Crippen LogP contribution in [0.5, 0.6) is 0 Å². The van der Waals surface area contributed by atoms with Gasteiger partial charge in [0, 0.05) is 25.0 Å². The Balaban J connectivity index is 1.93. The lowest BCUT2D eigenvalue weighted by atomic mass is 9.99. The molecule has 3 heterocycles. The van der Waals surface area contributed by atoms with Crippen LogP contribution < -0.4 is 0 Å². The van der Waals surface area contributed by atoms with Crippen LogP contribution in [0.2, 0.25) is 0 Å². The van der Waals surface area contributed by atoms with Crippen molar-refractivity contribution in [1.29, 1.82) is 0 Å². The van der Waals surface area contributed by atoms with Gasteiger partial charge in [-0.05, 0) is 19.3 Å². The third-order valence-electron chi connectivity index (χ3n) is 3.62. The van der Waals surface area contributed by atoms with Crippen molar-refractivity contribution in [3.8, 4) is 0 Å². The summed E-state index contributed by atoms with van der Waals surface area (Å²) in [4.78, 5) is 0. The van der Waals surface area contributed by atoms with Gasteiger partial charge in [-0.1, -0.05) is 0 Å². The van der Waals surface area contributed by atoms with Crippen LogP contribution in [0.15, 0.2) is 0 Å². The minimum atomic E-state index is 0.178. The minimum absolute atomic E-state index is 0.178. The van der Waals surface area contributed by atoms with E-state index in [2.05, 4.69) is 14.8 Å². The Morgan fingerprint density at radius 1 is 1.31 bits per heavy atom. The SMILES string of the molecule is OCC1CCCn2c1nnc2C1CCOC1. The van der Waals surface area contributed by atoms with Crippen molar-refractivity contribution in [3.05, 3.63) is 11.6 Å². The summed E-state index contributed by atoms with van der Waals surface area (Å²) in [6, 6.07) is 0. The smallest absolute Gasteiger partial charge is 0.138 e. The highest BCUT2D eigenvalue weighted by Crippen LogP contribution is 2.31. The van der Waals surface area contributed by atoms with E-state index in [1.54, 1.807) is 0 Å². The van der Waals surface area contributed by atoms with E-state index >= 15 is 0 Å². The molecule has 2 atom stereocenters. The standard InChI is InChI=1S/C11H17N3O2/c15-6-8-2-1-4-14-10(8)12-13-11(14)9-3-5-16-7-9/h8-9,15H,1-7H2. The van der Waals surface area contributed by atoms with Gasteiger partial charge in [0.2, 0.25) is 0 Å². The highest BCUT2D eigenvalue weighted by Gasteiger charge is 2.29. The quantitative estimate of drug-likeness (QED) is 0.799. The molecule has 88 valence electrons. The molecular formula is C11H17N3O2. The zero-order valence-electron chi connectivity index (χ0n) is 9.30. The number of aliphatic hydroxyl groups excluding tert-OH is 1. The zero-order chi connectivity index (χ0) is 11.0. The van der Waals surface area contributed by atoms with E-state index in [9.17, 15) is 5.11 Å². The molecule has 5 nitrogen and oxygen atoms in total. The van der Waals surface area contributed by atoms with Gasteiger partial charge >= 0.3 is 0 Å². The van der Waals surface area contributed by atoms with Crippen molar-refractivity contribution in [2.75, 3.05) is 19.8 Å². The van der Waals surface area contributed by atoms with Crippen molar-refractivity contribution < 1.29 is 9.84 Å². The molecule has 1 N–H and O–H groups in total. The summed E-state index contributed by atoms with van der Waals surface area (Å²) in [7, 11) is 0. The molecule has 5 heteroatoms. The summed E-state index contributed by atoms with van der Waals surface area (Å²) in [6.07, 6.45) is 3.18. The molecule has 0 aliphatic carbocycles. The van der Waals surface area contributed by atoms with Gasteiger partial charge < -0.3 is 14.4 Å². The Hall–Kier alpha value is -0.940. The molecule has 0 amide bonds. The molecule has 0 radical (unpaired) electrons. The topological polar surface area (TPSA) is 60.2 Å². The minimum Gasteiger partial charge on any atom is -0.396 e. The average Bonchev–Trinajstić information content (AvgIpc) is 2.96. The maximum atomic E-state index is 9.31. The first-order valence-corrected chi connectivity index (χ1v) is 6.01. The van der Waals surface area contributed by atoms with Crippen molar-refractivity contribution in [2.24, 2.45) is 0 Å². The van der Waals surface area contributed by atoms with E-state index in [0.717, 1.165) is 50.7 Å². The fourth-order valence-electron chi connectivity index (χ4n) is 2.70. The molecule has 0 bridgehead atoms. The highest BCUT2D eigenvalue weighted by molar-refractivity contribution is 5.09. The first-order valence-electron chi connectivity index (χ1n) is 6.01. The Labute approximate surface area is 94.4 Å². The number of hydrogen-bond donors (Lipinski definition) is 1. The second-order valence-corrected chi connectivity index (χ2v) is 4.65. The lowest BCUT2D eigenvalue weighted by molar-refractivity contribution is 0.192. The number of aliphatic hydroxyl groups is 1. The predicted octanol–water partition coefficient (Wildman–Crippen LogP) is 0.652. The van der Waals surface area contributed by atoms with E-state index < -0.39 is 0 Å². The normalized spacial score (nSPS) is 29.3. The molecule has 2 aliphatic rings. The van der Waals surface area contributed by atoms with Crippen LogP contribution >= 0.6 is 0 Å². The molecule has 2 unspecified atom stereocenters. The second-order valence-electron chi connectivity index (χ2n) is 4.65. The number of hydrogen-bond acceptors (Lipinski definition) is 4. The van der Waals surface area contributed by atoms with E-state index in [1.165, 1.54) is 0 Å². The third-order valence-corrected chi connectivity index (χ3v) is 3.62. The van der Waals surface area contributed by atoms with Crippen molar-refractivity contribution in [3.63, 3.8) is 0 Å². The second kappa shape index (κ2) is 4.14. The Morgan fingerprint density at radius 3 is 2.94 bits per heavy atom. The molecule has 2 aliphatic heterocycles. The predicted molar refractivity (Wildman–Crippen MR) is 57.3 cm³/mol. The Morgan fingerprint density at radius 2 is 2.19 bits per heavy atom. The van der Waals surface area contributed by atoms with Crippen molar-refractivity contribution >= 4 is 0 Å². The molecule has 1 aromatic heterocycles. The fraction of sp³-hybridized carbons (Fsp3) is 0.818. The highest BCUT2D eigenvalue weighted by atomic mass is 16.5. The summed E-state index contributed by atoms with van der Waals surface area (Å²) < 4.78 is 7.59. The van der Waals surface area contributed by atoms with E-state index in [0.29, 0.717) is 5.92 Å². The number of nitrogens with zero attached hydrogens (tertiary/aromatic N) is 3. The lowest BCUT2D eigenvalue weighted by Gasteiger charge is -2.22. The molecule has 0 aromatic carbocycles. The summed E-state index contributed by atoms with van der Waals surface area (Å²) in [6.45, 7) is 2.77. The van der Waals surface area contributed by atoms with Crippen molar-refractivity contribution in [1.82, 2.24) is 14.8 Å². The molecular weight excluding hydrogens is 206 g/mol. The van der Waals surface area contributed by atoms with Crippen LogP contribution in [0.1, 0.15) is 42.7 Å². The Kier molecular flexibility index (Phi) is 2.65. The zero-order valence-corrected chi connectivity index (χ0v) is 9.30. The average molecular weight is 223 g/mol. The molecule has 1 fully saturated rings. The van der Waals surface area contributed by atoms with Crippen LogP contribution in [-0.2, 0) is 11.3 Å². The van der Waals surface area contributed by atoms with Gasteiger partial charge in [0.25, 0.3) is 0 Å². The summed E-state index contributed by atoms with van der Waals surface area (Å²) in [5.74, 6) is 2.61. The molecule has 16 heavy (non-hydrogen) atoms. The monoisotopic (exact) mass is 223 g/mol. The Bertz CT molecular complexity index is 371. The molecule has 1 saturated heterocycles. The largest absolute Gasteiger partial charge is 0.396 e. The molecule has 0 spiro atoms. The van der Waals surface area contributed by atoms with Crippen molar-refractivity contribution in [2.45, 2.75) is 37.6 Å². The first-order chi connectivity index (χ1) is 7.90. The van der Waals surface area contributed by atoms with E-state index in [-0.39, 0.29) is 12.5 Å². The van der Waals surface area contributed by atoms with Gasteiger partial charge in [-0.3, -0.25) is 0 Å². The summed E-state index contributed by atoms with van der Waals surface area (Å²) in [5.41, 5.74) is 0.